The number of phenols is 3. The minimum Gasteiger partial charge on any atom is -0.508 e. The van der Waals surface area contributed by atoms with Gasteiger partial charge >= 0.3 is 11.3 Å². The zero-order valence-electron chi connectivity index (χ0n) is 12.8. The number of hydrogen-bond acceptors (Lipinski definition) is 7. The predicted octanol–water partition coefficient (Wildman–Crippen LogP) is -0.950. The molecule has 132 valence electrons. The van der Waals surface area contributed by atoms with Gasteiger partial charge in [-0.15, -0.1) is 10.2 Å². The molecule has 0 amide bonds. The summed E-state index contributed by atoms with van der Waals surface area (Å²) in [6.45, 7) is 1.93. The number of aromatic hydroxyl groups is 3. The lowest BCUT2D eigenvalue weighted by Gasteiger charge is -2.17. The lowest BCUT2D eigenvalue weighted by molar-refractivity contribution is -2.00. The van der Waals surface area contributed by atoms with E-state index < -0.39 is 10.2 Å². The van der Waals surface area contributed by atoms with Crippen LogP contribution >= 0.6 is 0 Å². The van der Waals surface area contributed by atoms with Crippen molar-refractivity contribution in [2.24, 2.45) is 0 Å². The Labute approximate surface area is 143 Å². The van der Waals surface area contributed by atoms with E-state index in [1.54, 1.807) is 18.2 Å². The van der Waals surface area contributed by atoms with Gasteiger partial charge in [0.05, 0.1) is 11.5 Å². The zero-order valence-corrected chi connectivity index (χ0v) is 13.6. The molecular weight excluding hydrogens is 356 g/mol. The van der Waals surface area contributed by atoms with Gasteiger partial charge in [0.25, 0.3) is 0 Å². The van der Waals surface area contributed by atoms with Crippen molar-refractivity contribution in [1.29, 1.82) is 0 Å². The van der Waals surface area contributed by atoms with Crippen molar-refractivity contribution in [3.05, 3.63) is 48.0 Å². The molecule has 0 saturated carbocycles. The highest BCUT2D eigenvalue weighted by Gasteiger charge is 2.20. The van der Waals surface area contributed by atoms with E-state index in [0.717, 1.165) is 10.9 Å². The maximum absolute atomic E-state index is 9.89. The fourth-order valence-electron chi connectivity index (χ4n) is 2.20. The van der Waals surface area contributed by atoms with E-state index in [4.69, 9.17) is 23.1 Å². The summed E-state index contributed by atoms with van der Waals surface area (Å²) in [4.78, 5) is 0. The number of rotatable bonds is 1. The van der Waals surface area contributed by atoms with Crippen molar-refractivity contribution in [2.45, 2.75) is 6.92 Å². The molecule has 0 radical (unpaired) electrons. The Balaban J connectivity index is 0.000000399. The summed E-state index contributed by atoms with van der Waals surface area (Å²) in [7, 11) is -4.94. The molecular formula is C16H13ClO8. The highest BCUT2D eigenvalue weighted by molar-refractivity contribution is 5.84. The lowest BCUT2D eigenvalue weighted by Crippen LogP contribution is -2.68. The van der Waals surface area contributed by atoms with Crippen LogP contribution < -0.4 is 18.6 Å². The summed E-state index contributed by atoms with van der Waals surface area (Å²) < 4.78 is 39.7. The summed E-state index contributed by atoms with van der Waals surface area (Å²) in [6.07, 6.45) is 0. The quantitative estimate of drug-likeness (QED) is 0.462. The topological polar surface area (TPSA) is 164 Å². The zero-order chi connectivity index (χ0) is 18.8. The Hall–Kier alpha value is -2.62. The molecule has 0 unspecified atom stereocenters. The Kier molecular flexibility index (Phi) is 5.31. The molecule has 9 heteroatoms. The Morgan fingerprint density at radius 1 is 0.840 bits per heavy atom. The smallest absolute Gasteiger partial charge is 0.364 e. The maximum atomic E-state index is 9.89. The number of halogens is 1. The molecule has 3 N–H and O–H groups in total. The largest absolute Gasteiger partial charge is 0.508 e. The van der Waals surface area contributed by atoms with Gasteiger partial charge in [-0.3, -0.25) is 0 Å². The fourth-order valence-corrected chi connectivity index (χ4v) is 2.20. The molecule has 0 aliphatic rings. The van der Waals surface area contributed by atoms with Crippen molar-refractivity contribution in [3.8, 4) is 28.6 Å². The second-order valence-corrected chi connectivity index (χ2v) is 5.81. The molecule has 0 saturated heterocycles. The van der Waals surface area contributed by atoms with Gasteiger partial charge < -0.3 is 15.3 Å². The van der Waals surface area contributed by atoms with Gasteiger partial charge in [0.1, 0.15) is 22.8 Å². The number of hydrogen-bond donors (Lipinski definition) is 3. The normalized spacial score (nSPS) is 11.1. The van der Waals surface area contributed by atoms with E-state index in [1.165, 1.54) is 18.2 Å². The molecule has 0 aliphatic carbocycles. The van der Waals surface area contributed by atoms with Crippen molar-refractivity contribution < 1.29 is 48.6 Å². The first kappa shape index (κ1) is 18.7. The van der Waals surface area contributed by atoms with Crippen LogP contribution in [-0.4, -0.2) is 15.3 Å². The maximum Gasteiger partial charge on any atom is 0.364 e. The van der Waals surface area contributed by atoms with Gasteiger partial charge in [-0.1, -0.05) is 0 Å². The molecule has 8 nitrogen and oxygen atoms in total. The summed E-state index contributed by atoms with van der Waals surface area (Å²) in [5.41, 5.74) is 1.98. The van der Waals surface area contributed by atoms with E-state index >= 15 is 0 Å². The molecule has 3 rings (SSSR count). The number of aryl methyl sites for hydroxylation is 1. The Morgan fingerprint density at radius 2 is 1.40 bits per heavy atom. The number of fused-ring (bicyclic) bond motifs is 1. The van der Waals surface area contributed by atoms with Crippen LogP contribution in [0.2, 0.25) is 0 Å². The molecule has 0 atom stereocenters. The average molecular weight is 369 g/mol. The van der Waals surface area contributed by atoms with Crippen LogP contribution in [0.3, 0.4) is 0 Å². The molecule has 1 aromatic heterocycles. The van der Waals surface area contributed by atoms with Crippen LogP contribution in [0.15, 0.2) is 46.9 Å². The standard InChI is InChI=1S/C16H12O4.ClHO4/c1-9-6-15(13-5-3-10(17)7-14(13)19)20-16-8-11(18)2-4-12(9)16;2-1(3,4)5/h2-8H,1H3,(H2-,17,18,19);(H,2,3,4,5). The molecule has 0 fully saturated rings. The van der Waals surface area contributed by atoms with Crippen LogP contribution in [0.1, 0.15) is 5.56 Å². The van der Waals surface area contributed by atoms with Gasteiger partial charge in [0.2, 0.25) is 0 Å². The third-order valence-corrected chi connectivity index (χ3v) is 3.20. The highest BCUT2D eigenvalue weighted by atomic mass is 35.7. The highest BCUT2D eigenvalue weighted by Crippen LogP contribution is 2.35. The molecule has 3 aromatic rings. The summed E-state index contributed by atoms with van der Waals surface area (Å²) >= 11 is 0. The van der Waals surface area contributed by atoms with E-state index in [0.29, 0.717) is 16.9 Å². The monoisotopic (exact) mass is 368 g/mol. The van der Waals surface area contributed by atoms with E-state index in [-0.39, 0.29) is 17.2 Å². The molecule has 25 heavy (non-hydrogen) atoms. The van der Waals surface area contributed by atoms with Crippen LogP contribution in [0.25, 0.3) is 22.3 Å². The number of phenolic OH excluding ortho intramolecular Hbond substituents is 3. The summed E-state index contributed by atoms with van der Waals surface area (Å²) in [5, 5.41) is 29.6. The third-order valence-electron chi connectivity index (χ3n) is 3.20. The second-order valence-electron chi connectivity index (χ2n) is 5.05. The summed E-state index contributed by atoms with van der Waals surface area (Å²) in [5.74, 6) is 0.514. The van der Waals surface area contributed by atoms with E-state index in [2.05, 4.69) is 0 Å². The lowest BCUT2D eigenvalue weighted by atomic mass is 10.1. The Morgan fingerprint density at radius 3 is 2.00 bits per heavy atom. The van der Waals surface area contributed by atoms with Crippen molar-refractivity contribution in [1.82, 2.24) is 0 Å². The molecule has 0 bridgehead atoms. The minimum absolute atomic E-state index is 0.0126. The second kappa shape index (κ2) is 7.09. The molecule has 0 spiro atoms. The van der Waals surface area contributed by atoms with Crippen molar-refractivity contribution in [2.75, 3.05) is 0 Å². The van der Waals surface area contributed by atoms with Gasteiger partial charge in [-0.05, 0) is 36.8 Å². The predicted molar refractivity (Wildman–Crippen MR) is 75.8 cm³/mol. The van der Waals surface area contributed by atoms with Crippen LogP contribution in [0.5, 0.6) is 17.2 Å². The average Bonchev–Trinajstić information content (AvgIpc) is 2.44. The van der Waals surface area contributed by atoms with Crippen LogP contribution in [0, 0.1) is 17.2 Å². The van der Waals surface area contributed by atoms with Crippen molar-refractivity contribution >= 4 is 11.0 Å². The third kappa shape index (κ3) is 5.18. The van der Waals surface area contributed by atoms with Crippen LogP contribution in [0.4, 0.5) is 0 Å². The van der Waals surface area contributed by atoms with E-state index in [1.807, 2.05) is 13.0 Å². The number of benzene rings is 2. The first-order valence-corrected chi connectivity index (χ1v) is 7.98. The van der Waals surface area contributed by atoms with Gasteiger partial charge in [0, 0.05) is 12.1 Å². The van der Waals surface area contributed by atoms with Crippen molar-refractivity contribution in [3.63, 3.8) is 0 Å². The Bertz CT molecular complexity index is 899. The SMILES string of the molecule is Cc1cc(-c2ccc(O)cc2O)[o+]c2cc(O)ccc12.[O-][Cl+3]([O-])([O-])[O-]. The van der Waals surface area contributed by atoms with E-state index in [9.17, 15) is 15.3 Å². The van der Waals surface area contributed by atoms with Gasteiger partial charge in [-0.25, -0.2) is 23.1 Å². The molecule has 1 heterocycles. The fraction of sp³-hybridized carbons (Fsp3) is 0.0625. The van der Waals surface area contributed by atoms with Gasteiger partial charge in [-0.2, -0.15) is 0 Å². The van der Waals surface area contributed by atoms with Gasteiger partial charge in [0.15, 0.2) is 0 Å². The first-order valence-electron chi connectivity index (χ1n) is 6.75. The molecule has 0 aliphatic heterocycles. The molecule has 2 aromatic carbocycles. The summed E-state index contributed by atoms with van der Waals surface area (Å²) in [6, 6.07) is 11.0. The van der Waals surface area contributed by atoms with Crippen LogP contribution in [-0.2, 0) is 0 Å². The minimum atomic E-state index is -4.94. The first-order chi connectivity index (χ1) is 11.5.